The van der Waals surface area contributed by atoms with Crippen LogP contribution in [0.2, 0.25) is 0 Å². The minimum atomic E-state index is -0.738. The number of carbonyl (C=O) groups excluding carboxylic acids is 1. The van der Waals surface area contributed by atoms with Gasteiger partial charge in [-0.1, -0.05) is 12.1 Å². The van der Waals surface area contributed by atoms with Crippen molar-refractivity contribution in [2.45, 2.75) is 90.4 Å². The molecule has 1 aliphatic rings. The minimum Gasteiger partial charge on any atom is -0.460 e. The van der Waals surface area contributed by atoms with Crippen molar-refractivity contribution in [1.29, 1.82) is 0 Å². The second-order valence-electron chi connectivity index (χ2n) is 8.92. The van der Waals surface area contributed by atoms with Gasteiger partial charge in [0.1, 0.15) is 11.4 Å². The van der Waals surface area contributed by atoms with Gasteiger partial charge >= 0.3 is 5.97 Å². The molecule has 1 heterocycles. The molecular weight excluding hydrogens is 361 g/mol. The van der Waals surface area contributed by atoms with E-state index < -0.39 is 11.4 Å². The SMILES string of the molecule is CC(NCC[C@@H]1C[C@H](CC(=O)OC(C)(C)C)OC(C)(C)O1)c1ccc(F)cc1. The van der Waals surface area contributed by atoms with Gasteiger partial charge < -0.3 is 19.5 Å². The summed E-state index contributed by atoms with van der Waals surface area (Å²) in [7, 11) is 0. The van der Waals surface area contributed by atoms with Crippen LogP contribution in [0.15, 0.2) is 24.3 Å². The molecule has 1 aliphatic heterocycles. The molecule has 2 rings (SSSR count). The molecule has 0 saturated carbocycles. The highest BCUT2D eigenvalue weighted by Gasteiger charge is 2.36. The van der Waals surface area contributed by atoms with E-state index in [0.717, 1.165) is 18.5 Å². The minimum absolute atomic E-state index is 0.0101. The molecule has 0 amide bonds. The number of esters is 1. The summed E-state index contributed by atoms with van der Waals surface area (Å²) in [4.78, 5) is 12.1. The number of carbonyl (C=O) groups is 1. The van der Waals surface area contributed by atoms with Crippen LogP contribution >= 0.6 is 0 Å². The van der Waals surface area contributed by atoms with Crippen molar-refractivity contribution in [3.8, 4) is 0 Å². The number of nitrogens with one attached hydrogen (secondary N) is 1. The third-order valence-corrected chi connectivity index (χ3v) is 4.53. The van der Waals surface area contributed by atoms with Crippen LogP contribution in [0.3, 0.4) is 0 Å². The highest BCUT2D eigenvalue weighted by atomic mass is 19.1. The lowest BCUT2D eigenvalue weighted by molar-refractivity contribution is -0.300. The molecule has 0 bridgehead atoms. The van der Waals surface area contributed by atoms with Crippen LogP contribution in [0.1, 0.15) is 72.4 Å². The zero-order chi connectivity index (χ0) is 20.9. The summed E-state index contributed by atoms with van der Waals surface area (Å²) in [6.07, 6.45) is 1.43. The second-order valence-corrected chi connectivity index (χ2v) is 8.92. The predicted molar refractivity (Wildman–Crippen MR) is 106 cm³/mol. The molecular formula is C22H34FNO4. The molecule has 1 unspecified atom stereocenters. The van der Waals surface area contributed by atoms with Gasteiger partial charge in [0.15, 0.2) is 5.79 Å². The second kappa shape index (κ2) is 9.33. The first-order valence-corrected chi connectivity index (χ1v) is 10.00. The standard InChI is InChI=1S/C22H34FNO4/c1-15(16-7-9-17(23)10-8-16)24-12-11-18-13-19(27-22(5,6)26-18)14-20(25)28-21(2,3)4/h7-10,15,18-19,24H,11-14H2,1-6H3/t15?,18-,19-/m1/s1. The highest BCUT2D eigenvalue weighted by Crippen LogP contribution is 2.30. The number of halogens is 1. The Morgan fingerprint density at radius 2 is 1.86 bits per heavy atom. The predicted octanol–water partition coefficient (Wildman–Crippen LogP) is 4.51. The van der Waals surface area contributed by atoms with Crippen molar-refractivity contribution >= 4 is 5.97 Å². The summed E-state index contributed by atoms with van der Waals surface area (Å²) >= 11 is 0. The van der Waals surface area contributed by atoms with Gasteiger partial charge in [-0.25, -0.2) is 4.39 Å². The molecule has 1 N–H and O–H groups in total. The van der Waals surface area contributed by atoms with Gasteiger partial charge in [-0.2, -0.15) is 0 Å². The van der Waals surface area contributed by atoms with Crippen molar-refractivity contribution in [2.24, 2.45) is 0 Å². The lowest BCUT2D eigenvalue weighted by Gasteiger charge is -2.41. The Hall–Kier alpha value is -1.50. The fraction of sp³-hybridized carbons (Fsp3) is 0.682. The average Bonchev–Trinajstić information content (AvgIpc) is 2.51. The zero-order valence-electron chi connectivity index (χ0n) is 17.9. The third-order valence-electron chi connectivity index (χ3n) is 4.53. The Morgan fingerprint density at radius 1 is 1.25 bits per heavy atom. The lowest BCUT2D eigenvalue weighted by Crippen LogP contribution is -2.46. The van der Waals surface area contributed by atoms with Gasteiger partial charge in [0, 0.05) is 12.5 Å². The number of hydrogen-bond acceptors (Lipinski definition) is 5. The van der Waals surface area contributed by atoms with E-state index in [9.17, 15) is 9.18 Å². The molecule has 6 heteroatoms. The number of ether oxygens (including phenoxy) is 3. The quantitative estimate of drug-likeness (QED) is 0.689. The van der Waals surface area contributed by atoms with Crippen LogP contribution in [-0.2, 0) is 19.0 Å². The molecule has 0 aliphatic carbocycles. The molecule has 158 valence electrons. The van der Waals surface area contributed by atoms with Crippen molar-refractivity contribution in [3.05, 3.63) is 35.6 Å². The summed E-state index contributed by atoms with van der Waals surface area (Å²) in [5.74, 6) is -1.22. The van der Waals surface area contributed by atoms with E-state index in [-0.39, 0.29) is 36.5 Å². The van der Waals surface area contributed by atoms with Gasteiger partial charge in [-0.15, -0.1) is 0 Å². The van der Waals surface area contributed by atoms with E-state index in [4.69, 9.17) is 14.2 Å². The fourth-order valence-corrected chi connectivity index (χ4v) is 3.42. The van der Waals surface area contributed by atoms with E-state index in [1.54, 1.807) is 12.1 Å². The molecule has 3 atom stereocenters. The summed E-state index contributed by atoms with van der Waals surface area (Å²) in [6, 6.07) is 6.64. The molecule has 0 spiro atoms. The topological polar surface area (TPSA) is 56.8 Å². The maximum absolute atomic E-state index is 13.1. The number of hydrogen-bond donors (Lipinski definition) is 1. The highest BCUT2D eigenvalue weighted by molar-refractivity contribution is 5.70. The van der Waals surface area contributed by atoms with Crippen LogP contribution in [0.5, 0.6) is 0 Å². The molecule has 1 fully saturated rings. The zero-order valence-corrected chi connectivity index (χ0v) is 17.9. The van der Waals surface area contributed by atoms with E-state index >= 15 is 0 Å². The monoisotopic (exact) mass is 395 g/mol. The summed E-state index contributed by atoms with van der Waals surface area (Å²) in [5, 5.41) is 3.44. The average molecular weight is 396 g/mol. The first-order valence-electron chi connectivity index (χ1n) is 10.00. The maximum atomic E-state index is 13.1. The smallest absolute Gasteiger partial charge is 0.308 e. The molecule has 1 aromatic rings. The van der Waals surface area contributed by atoms with Gasteiger partial charge in [0.05, 0.1) is 18.6 Å². The number of benzene rings is 1. The van der Waals surface area contributed by atoms with Crippen molar-refractivity contribution < 1.29 is 23.4 Å². The summed E-state index contributed by atoms with van der Waals surface area (Å²) in [6.45, 7) is 12.1. The largest absolute Gasteiger partial charge is 0.460 e. The lowest BCUT2D eigenvalue weighted by atomic mass is 10.0. The van der Waals surface area contributed by atoms with Gasteiger partial charge in [-0.3, -0.25) is 4.79 Å². The first kappa shape index (κ1) is 22.8. The molecule has 28 heavy (non-hydrogen) atoms. The number of rotatable bonds is 7. The van der Waals surface area contributed by atoms with E-state index in [1.807, 2.05) is 41.5 Å². The Bertz CT molecular complexity index is 639. The first-order chi connectivity index (χ1) is 12.9. The molecule has 1 saturated heterocycles. The van der Waals surface area contributed by atoms with Crippen molar-refractivity contribution in [1.82, 2.24) is 5.32 Å². The Morgan fingerprint density at radius 3 is 2.46 bits per heavy atom. The summed E-state index contributed by atoms with van der Waals surface area (Å²) in [5.41, 5.74) is 0.537. The molecule has 0 radical (unpaired) electrons. The Balaban J connectivity index is 1.83. The molecule has 5 nitrogen and oxygen atoms in total. The Labute approximate surface area is 167 Å². The normalized spacial score (nSPS) is 23.2. The Kier molecular flexibility index (Phi) is 7.59. The van der Waals surface area contributed by atoms with Crippen molar-refractivity contribution in [2.75, 3.05) is 6.54 Å². The molecule has 1 aromatic carbocycles. The van der Waals surface area contributed by atoms with E-state index in [2.05, 4.69) is 5.32 Å². The van der Waals surface area contributed by atoms with Crippen molar-refractivity contribution in [3.63, 3.8) is 0 Å². The maximum Gasteiger partial charge on any atom is 0.308 e. The van der Waals surface area contributed by atoms with Crippen LogP contribution in [0.25, 0.3) is 0 Å². The van der Waals surface area contributed by atoms with Crippen LogP contribution in [0, 0.1) is 5.82 Å². The van der Waals surface area contributed by atoms with Crippen LogP contribution < -0.4 is 5.32 Å². The van der Waals surface area contributed by atoms with Gasteiger partial charge in [0.2, 0.25) is 0 Å². The van der Waals surface area contributed by atoms with Gasteiger partial charge in [0.25, 0.3) is 0 Å². The fourth-order valence-electron chi connectivity index (χ4n) is 3.42. The van der Waals surface area contributed by atoms with E-state index in [1.165, 1.54) is 12.1 Å². The van der Waals surface area contributed by atoms with E-state index in [0.29, 0.717) is 6.42 Å². The van der Waals surface area contributed by atoms with Crippen LogP contribution in [-0.4, -0.2) is 36.1 Å². The third kappa shape index (κ3) is 7.86. The van der Waals surface area contributed by atoms with Crippen LogP contribution in [0.4, 0.5) is 4.39 Å². The summed E-state index contributed by atoms with van der Waals surface area (Å²) < 4.78 is 30.4. The molecule has 0 aromatic heterocycles. The van der Waals surface area contributed by atoms with Gasteiger partial charge in [-0.05, 0) is 72.2 Å².